The van der Waals surface area contributed by atoms with Crippen LogP contribution in [0.4, 0.5) is 0 Å². The van der Waals surface area contributed by atoms with Gasteiger partial charge in [-0.3, -0.25) is 4.90 Å². The molecule has 106 valence electrons. The van der Waals surface area contributed by atoms with Crippen LogP contribution in [-0.2, 0) is 10.2 Å². The molecule has 4 rings (SSSR count). The number of hydrogen-bond acceptors (Lipinski definition) is 2. The van der Waals surface area contributed by atoms with Crippen LogP contribution < -0.4 is 5.46 Å². The SMILES string of the molecule is Bc1ccc([C@]23CN(C4CCOCC4)C[C@H]2[C@H]3C)cc1. The molecule has 3 aliphatic rings. The molecule has 0 radical (unpaired) electrons. The zero-order valence-electron chi connectivity index (χ0n) is 12.6. The Morgan fingerprint density at radius 2 is 1.90 bits per heavy atom. The van der Waals surface area contributed by atoms with Gasteiger partial charge in [0.05, 0.1) is 0 Å². The van der Waals surface area contributed by atoms with E-state index in [9.17, 15) is 0 Å². The van der Waals surface area contributed by atoms with Crippen molar-refractivity contribution in [1.82, 2.24) is 4.90 Å². The van der Waals surface area contributed by atoms with Crippen molar-refractivity contribution >= 4 is 13.3 Å². The van der Waals surface area contributed by atoms with Gasteiger partial charge in [-0.1, -0.05) is 36.7 Å². The molecule has 1 aromatic carbocycles. The molecule has 0 bridgehead atoms. The minimum atomic E-state index is 0.464. The van der Waals surface area contributed by atoms with Crippen molar-refractivity contribution in [2.45, 2.75) is 31.2 Å². The monoisotopic (exact) mass is 269 g/mol. The van der Waals surface area contributed by atoms with Crippen molar-refractivity contribution in [3.8, 4) is 0 Å². The third kappa shape index (κ3) is 1.79. The third-order valence-corrected chi connectivity index (χ3v) is 6.16. The van der Waals surface area contributed by atoms with Crippen LogP contribution in [0.15, 0.2) is 24.3 Å². The van der Waals surface area contributed by atoms with Crippen molar-refractivity contribution in [2.75, 3.05) is 26.3 Å². The zero-order valence-corrected chi connectivity index (χ0v) is 12.6. The van der Waals surface area contributed by atoms with E-state index in [1.54, 1.807) is 5.56 Å². The maximum Gasteiger partial charge on any atom is 0.139 e. The van der Waals surface area contributed by atoms with E-state index >= 15 is 0 Å². The molecule has 2 aliphatic heterocycles. The zero-order chi connectivity index (χ0) is 13.7. The summed E-state index contributed by atoms with van der Waals surface area (Å²) in [4.78, 5) is 2.76. The predicted molar refractivity (Wildman–Crippen MR) is 84.4 cm³/mol. The first kappa shape index (κ1) is 12.9. The van der Waals surface area contributed by atoms with Gasteiger partial charge in [0, 0.05) is 37.8 Å². The van der Waals surface area contributed by atoms with Gasteiger partial charge < -0.3 is 4.74 Å². The highest BCUT2D eigenvalue weighted by molar-refractivity contribution is 6.32. The van der Waals surface area contributed by atoms with E-state index in [4.69, 9.17) is 4.74 Å². The molecule has 3 fully saturated rings. The molecule has 0 aromatic heterocycles. The van der Waals surface area contributed by atoms with Crippen molar-refractivity contribution in [3.05, 3.63) is 29.8 Å². The van der Waals surface area contributed by atoms with Gasteiger partial charge in [0.25, 0.3) is 0 Å². The standard InChI is InChI=1S/C17H24BNO/c1-12-16-10-19(15-6-8-20-9-7-15)11-17(12,16)13-2-4-14(18)5-3-13/h2-5,12,15-16H,6-11,18H2,1H3/t12-,16+,17-/m1/s1. The Labute approximate surface area is 122 Å². The van der Waals surface area contributed by atoms with Gasteiger partial charge in [-0.2, -0.15) is 0 Å². The lowest BCUT2D eigenvalue weighted by Gasteiger charge is -2.33. The maximum atomic E-state index is 5.51. The quantitative estimate of drug-likeness (QED) is 0.741. The highest BCUT2D eigenvalue weighted by Crippen LogP contribution is 2.64. The molecule has 2 heterocycles. The van der Waals surface area contributed by atoms with E-state index in [0.717, 1.165) is 31.1 Å². The third-order valence-electron chi connectivity index (χ3n) is 6.16. The van der Waals surface area contributed by atoms with Crippen LogP contribution >= 0.6 is 0 Å². The van der Waals surface area contributed by atoms with E-state index in [-0.39, 0.29) is 0 Å². The summed E-state index contributed by atoms with van der Waals surface area (Å²) in [6, 6.07) is 10.1. The molecule has 20 heavy (non-hydrogen) atoms. The van der Waals surface area contributed by atoms with Crippen LogP contribution in [0.5, 0.6) is 0 Å². The summed E-state index contributed by atoms with van der Waals surface area (Å²) in [6.07, 6.45) is 2.45. The fourth-order valence-corrected chi connectivity index (χ4v) is 4.72. The minimum Gasteiger partial charge on any atom is -0.381 e. The lowest BCUT2D eigenvalue weighted by molar-refractivity contribution is 0.0363. The summed E-state index contributed by atoms with van der Waals surface area (Å²) in [5.74, 6) is 1.74. The summed E-state index contributed by atoms with van der Waals surface area (Å²) < 4.78 is 5.51. The Morgan fingerprint density at radius 3 is 2.60 bits per heavy atom. The molecule has 1 aromatic rings. The number of fused-ring (bicyclic) bond motifs is 1. The van der Waals surface area contributed by atoms with Crippen LogP contribution in [0.3, 0.4) is 0 Å². The van der Waals surface area contributed by atoms with Crippen molar-refractivity contribution in [2.24, 2.45) is 11.8 Å². The Hall–Kier alpha value is -0.795. The summed E-state index contributed by atoms with van der Waals surface area (Å²) >= 11 is 0. The number of benzene rings is 1. The second-order valence-electron chi connectivity index (χ2n) is 7.07. The van der Waals surface area contributed by atoms with Gasteiger partial charge in [-0.05, 0) is 30.2 Å². The van der Waals surface area contributed by atoms with Gasteiger partial charge in [-0.25, -0.2) is 0 Å². The molecular formula is C17H24BNO. The molecule has 3 heteroatoms. The highest BCUT2D eigenvalue weighted by Gasteiger charge is 2.67. The largest absolute Gasteiger partial charge is 0.381 e. The highest BCUT2D eigenvalue weighted by atomic mass is 16.5. The first-order valence-electron chi connectivity index (χ1n) is 8.11. The van der Waals surface area contributed by atoms with Crippen LogP contribution in [0.1, 0.15) is 25.3 Å². The second-order valence-corrected chi connectivity index (χ2v) is 7.07. The molecule has 0 unspecified atom stereocenters. The van der Waals surface area contributed by atoms with Gasteiger partial charge in [0.1, 0.15) is 7.85 Å². The van der Waals surface area contributed by atoms with Crippen LogP contribution in [-0.4, -0.2) is 45.1 Å². The van der Waals surface area contributed by atoms with Crippen molar-refractivity contribution in [3.63, 3.8) is 0 Å². The van der Waals surface area contributed by atoms with Gasteiger partial charge >= 0.3 is 0 Å². The summed E-state index contributed by atoms with van der Waals surface area (Å²) in [5.41, 5.74) is 3.41. The van der Waals surface area contributed by atoms with Crippen LogP contribution in [0, 0.1) is 11.8 Å². The topological polar surface area (TPSA) is 12.5 Å². The molecule has 2 nitrogen and oxygen atoms in total. The molecular weight excluding hydrogens is 245 g/mol. The molecule has 1 saturated carbocycles. The first-order valence-corrected chi connectivity index (χ1v) is 8.11. The van der Waals surface area contributed by atoms with Crippen molar-refractivity contribution < 1.29 is 4.74 Å². The molecule has 2 saturated heterocycles. The number of ether oxygens (including phenoxy) is 1. The van der Waals surface area contributed by atoms with Crippen molar-refractivity contribution in [1.29, 1.82) is 0 Å². The van der Waals surface area contributed by atoms with Gasteiger partial charge in [0.15, 0.2) is 0 Å². The lowest BCUT2D eigenvalue weighted by Crippen LogP contribution is -2.41. The molecule has 0 spiro atoms. The van der Waals surface area contributed by atoms with E-state index in [0.29, 0.717) is 5.41 Å². The summed E-state index contributed by atoms with van der Waals surface area (Å²) in [5, 5.41) is 0. The van der Waals surface area contributed by atoms with Gasteiger partial charge in [-0.15, -0.1) is 0 Å². The Kier molecular flexibility index (Phi) is 2.97. The normalized spacial score (nSPS) is 37.9. The maximum absolute atomic E-state index is 5.51. The smallest absolute Gasteiger partial charge is 0.139 e. The number of hydrogen-bond donors (Lipinski definition) is 0. The first-order chi connectivity index (χ1) is 9.72. The Balaban J connectivity index is 1.55. The number of nitrogens with zero attached hydrogens (tertiary/aromatic N) is 1. The fraction of sp³-hybridized carbons (Fsp3) is 0.647. The Bertz CT molecular complexity index is 496. The van der Waals surface area contributed by atoms with Crippen LogP contribution in [0.25, 0.3) is 0 Å². The number of rotatable bonds is 2. The summed E-state index contributed by atoms with van der Waals surface area (Å²) in [7, 11) is 2.18. The van der Waals surface area contributed by atoms with Gasteiger partial charge in [0.2, 0.25) is 0 Å². The van der Waals surface area contributed by atoms with E-state index in [1.807, 2.05) is 0 Å². The van der Waals surface area contributed by atoms with E-state index < -0.39 is 0 Å². The average Bonchev–Trinajstić information content (AvgIpc) is 2.87. The average molecular weight is 269 g/mol. The molecule has 0 amide bonds. The fourth-order valence-electron chi connectivity index (χ4n) is 4.72. The number of likely N-dealkylation sites (tertiary alicyclic amines) is 1. The summed E-state index contributed by atoms with van der Waals surface area (Å²) in [6.45, 7) is 6.94. The molecule has 0 N–H and O–H groups in total. The second kappa shape index (κ2) is 4.61. The van der Waals surface area contributed by atoms with E-state index in [1.165, 1.54) is 31.4 Å². The van der Waals surface area contributed by atoms with E-state index in [2.05, 4.69) is 43.9 Å². The number of piperidine rings is 1. The molecule has 1 aliphatic carbocycles. The lowest BCUT2D eigenvalue weighted by atomic mass is 9.88. The molecule has 3 atom stereocenters. The Morgan fingerprint density at radius 1 is 1.20 bits per heavy atom. The minimum absolute atomic E-state index is 0.464. The van der Waals surface area contributed by atoms with Crippen LogP contribution in [0.2, 0.25) is 0 Å². The predicted octanol–water partition coefficient (Wildman–Crippen LogP) is 0.943.